The number of primary amides is 1. The number of aromatic nitrogens is 2. The van der Waals surface area contributed by atoms with Gasteiger partial charge in [0.15, 0.2) is 0 Å². The topological polar surface area (TPSA) is 85.6 Å². The van der Waals surface area contributed by atoms with Crippen LogP contribution in [0.25, 0.3) is 5.69 Å². The van der Waals surface area contributed by atoms with Gasteiger partial charge in [-0.1, -0.05) is 18.2 Å². The standard InChI is InChI=1S/C16H15N5O/c1-9-10-6-12(20-19-9)11-4-2-3-5-13(11)21-8-18-15(16(17)22)14(21)7-10/h2-5,8,12H,6-7H2,1H3,(H2,17,22). The van der Waals surface area contributed by atoms with Crippen LogP contribution in [0.1, 0.15) is 41.1 Å². The molecule has 1 unspecified atom stereocenters. The van der Waals surface area contributed by atoms with Crippen LogP contribution in [0, 0.1) is 0 Å². The van der Waals surface area contributed by atoms with Gasteiger partial charge in [0.25, 0.3) is 5.91 Å². The fourth-order valence-electron chi connectivity index (χ4n) is 3.17. The van der Waals surface area contributed by atoms with Crippen molar-refractivity contribution in [3.05, 3.63) is 58.8 Å². The lowest BCUT2D eigenvalue weighted by atomic mass is 9.91. The monoisotopic (exact) mass is 293 g/mol. The summed E-state index contributed by atoms with van der Waals surface area (Å²) in [5.74, 6) is -0.501. The van der Waals surface area contributed by atoms with Gasteiger partial charge in [-0.05, 0) is 25.0 Å². The Balaban J connectivity index is 2.02. The lowest BCUT2D eigenvalue weighted by molar-refractivity contribution is 0.0995. The maximum atomic E-state index is 11.7. The molecule has 2 aliphatic rings. The number of hydrogen-bond acceptors (Lipinski definition) is 4. The molecule has 2 aliphatic heterocycles. The molecule has 1 atom stereocenters. The number of nitrogens with zero attached hydrogens (tertiary/aromatic N) is 4. The van der Waals surface area contributed by atoms with Gasteiger partial charge in [0.05, 0.1) is 17.1 Å². The first-order valence-electron chi connectivity index (χ1n) is 7.20. The van der Waals surface area contributed by atoms with E-state index in [1.807, 2.05) is 29.7 Å². The average Bonchev–Trinajstić information content (AvgIpc) is 2.91. The summed E-state index contributed by atoms with van der Waals surface area (Å²) in [6.45, 7) is 1.95. The first kappa shape index (κ1) is 12.9. The van der Waals surface area contributed by atoms with Gasteiger partial charge in [-0.2, -0.15) is 10.2 Å². The first-order chi connectivity index (χ1) is 10.6. The summed E-state index contributed by atoms with van der Waals surface area (Å²) in [5.41, 5.74) is 10.8. The van der Waals surface area contributed by atoms with Crippen molar-refractivity contribution >= 4 is 5.91 Å². The molecule has 0 radical (unpaired) electrons. The predicted octanol–water partition coefficient (Wildman–Crippen LogP) is 2.70. The van der Waals surface area contributed by atoms with Gasteiger partial charge in [-0.3, -0.25) is 4.79 Å². The molecule has 0 fully saturated rings. The third-order valence-corrected chi connectivity index (χ3v) is 4.33. The normalized spacial score (nSPS) is 19.2. The molecule has 0 spiro atoms. The van der Waals surface area contributed by atoms with Gasteiger partial charge >= 0.3 is 0 Å². The van der Waals surface area contributed by atoms with Crippen molar-refractivity contribution in [1.82, 2.24) is 9.55 Å². The molecule has 6 heteroatoms. The number of imidazole rings is 1. The Bertz CT molecular complexity index is 846. The van der Waals surface area contributed by atoms with Crippen molar-refractivity contribution < 1.29 is 4.79 Å². The highest BCUT2D eigenvalue weighted by molar-refractivity contribution is 5.92. The third-order valence-electron chi connectivity index (χ3n) is 4.33. The largest absolute Gasteiger partial charge is 0.364 e. The molecular formula is C16H15N5O. The van der Waals surface area contributed by atoms with E-state index in [4.69, 9.17) is 5.73 Å². The second-order valence-corrected chi connectivity index (χ2v) is 5.63. The molecule has 1 amide bonds. The van der Waals surface area contributed by atoms with Gasteiger partial charge in [0.1, 0.15) is 18.1 Å². The zero-order valence-corrected chi connectivity index (χ0v) is 12.2. The molecule has 1 aromatic carbocycles. The lowest BCUT2D eigenvalue weighted by Gasteiger charge is -2.26. The number of hydrogen-bond donors (Lipinski definition) is 1. The van der Waals surface area contributed by atoms with Crippen molar-refractivity contribution in [3.8, 4) is 5.69 Å². The molecular weight excluding hydrogens is 278 g/mol. The van der Waals surface area contributed by atoms with E-state index >= 15 is 0 Å². The SMILES string of the molecule is CC1=C2Cc3c(C(N)=O)ncn3-c3ccccc3C(C2)N=N1. The van der Waals surface area contributed by atoms with E-state index in [-0.39, 0.29) is 6.04 Å². The van der Waals surface area contributed by atoms with Crippen LogP contribution in [0.2, 0.25) is 0 Å². The van der Waals surface area contributed by atoms with Crippen molar-refractivity contribution in [2.75, 3.05) is 0 Å². The molecule has 3 heterocycles. The zero-order valence-electron chi connectivity index (χ0n) is 12.2. The molecule has 0 saturated heterocycles. The van der Waals surface area contributed by atoms with Crippen LogP contribution >= 0.6 is 0 Å². The number of carbonyl (C=O) groups is 1. The number of amides is 1. The summed E-state index contributed by atoms with van der Waals surface area (Å²) < 4.78 is 1.95. The fourth-order valence-corrected chi connectivity index (χ4v) is 3.17. The van der Waals surface area contributed by atoms with Crippen molar-refractivity contribution in [3.63, 3.8) is 0 Å². The van der Waals surface area contributed by atoms with E-state index in [9.17, 15) is 4.79 Å². The Morgan fingerprint density at radius 1 is 1.36 bits per heavy atom. The van der Waals surface area contributed by atoms with Gasteiger partial charge in [-0.15, -0.1) is 0 Å². The summed E-state index contributed by atoms with van der Waals surface area (Å²) in [6.07, 6.45) is 3.10. The second-order valence-electron chi connectivity index (χ2n) is 5.63. The molecule has 0 aliphatic carbocycles. The highest BCUT2D eigenvalue weighted by Crippen LogP contribution is 2.39. The van der Waals surface area contributed by atoms with Crippen molar-refractivity contribution in [1.29, 1.82) is 0 Å². The van der Waals surface area contributed by atoms with Gasteiger partial charge in [0.2, 0.25) is 0 Å². The maximum Gasteiger partial charge on any atom is 0.269 e. The smallest absolute Gasteiger partial charge is 0.269 e. The van der Waals surface area contributed by atoms with E-state index in [1.54, 1.807) is 6.33 Å². The fraction of sp³-hybridized carbons (Fsp3) is 0.250. The molecule has 4 rings (SSSR count). The number of benzene rings is 1. The average molecular weight is 293 g/mol. The number of azo groups is 1. The van der Waals surface area contributed by atoms with Crippen LogP contribution in [0.3, 0.4) is 0 Å². The Kier molecular flexibility index (Phi) is 2.72. The minimum absolute atomic E-state index is 0.0162. The lowest BCUT2D eigenvalue weighted by Crippen LogP contribution is -2.19. The third kappa shape index (κ3) is 1.80. The molecule has 2 bridgehead atoms. The highest BCUT2D eigenvalue weighted by Gasteiger charge is 2.28. The van der Waals surface area contributed by atoms with Gasteiger partial charge < -0.3 is 10.3 Å². The van der Waals surface area contributed by atoms with E-state index in [2.05, 4.69) is 21.3 Å². The number of para-hydroxylation sites is 1. The van der Waals surface area contributed by atoms with Crippen molar-refractivity contribution in [2.24, 2.45) is 16.0 Å². The van der Waals surface area contributed by atoms with Crippen LogP contribution < -0.4 is 5.73 Å². The van der Waals surface area contributed by atoms with Crippen LogP contribution in [0.15, 0.2) is 52.1 Å². The molecule has 2 N–H and O–H groups in total. The number of carbonyl (C=O) groups excluding carboxylic acids is 1. The summed E-state index contributed by atoms with van der Waals surface area (Å²) in [4.78, 5) is 15.9. The Morgan fingerprint density at radius 2 is 2.18 bits per heavy atom. The minimum Gasteiger partial charge on any atom is -0.364 e. The Labute approximate surface area is 127 Å². The summed E-state index contributed by atoms with van der Waals surface area (Å²) in [5, 5.41) is 8.74. The Hall–Kier alpha value is -2.76. The molecule has 22 heavy (non-hydrogen) atoms. The Morgan fingerprint density at radius 3 is 3.00 bits per heavy atom. The van der Waals surface area contributed by atoms with E-state index in [0.29, 0.717) is 12.1 Å². The number of rotatable bonds is 1. The minimum atomic E-state index is -0.501. The summed E-state index contributed by atoms with van der Waals surface area (Å²) in [6, 6.07) is 8.04. The van der Waals surface area contributed by atoms with E-state index in [0.717, 1.165) is 29.1 Å². The number of nitrogens with two attached hydrogens (primary N) is 1. The molecule has 110 valence electrons. The zero-order chi connectivity index (χ0) is 15.3. The van der Waals surface area contributed by atoms with Crippen LogP contribution in [0.4, 0.5) is 0 Å². The predicted molar refractivity (Wildman–Crippen MR) is 80.7 cm³/mol. The quantitative estimate of drug-likeness (QED) is 0.876. The van der Waals surface area contributed by atoms with Crippen LogP contribution in [0.5, 0.6) is 0 Å². The van der Waals surface area contributed by atoms with Crippen LogP contribution in [-0.4, -0.2) is 15.5 Å². The molecule has 1 aromatic heterocycles. The highest BCUT2D eigenvalue weighted by atomic mass is 16.1. The summed E-state index contributed by atoms with van der Waals surface area (Å²) in [7, 11) is 0. The molecule has 2 aromatic rings. The van der Waals surface area contributed by atoms with E-state index in [1.165, 1.54) is 5.57 Å². The second kappa shape index (κ2) is 4.62. The van der Waals surface area contributed by atoms with Crippen molar-refractivity contribution in [2.45, 2.75) is 25.8 Å². The van der Waals surface area contributed by atoms with Gasteiger partial charge in [-0.25, -0.2) is 4.98 Å². The van der Waals surface area contributed by atoms with Crippen LogP contribution in [-0.2, 0) is 6.42 Å². The number of allylic oxidation sites excluding steroid dienone is 1. The number of fused-ring (bicyclic) bond motifs is 6. The van der Waals surface area contributed by atoms with E-state index < -0.39 is 5.91 Å². The maximum absolute atomic E-state index is 11.7. The first-order valence-corrected chi connectivity index (χ1v) is 7.20. The van der Waals surface area contributed by atoms with Gasteiger partial charge in [0, 0.05) is 12.0 Å². The summed E-state index contributed by atoms with van der Waals surface area (Å²) >= 11 is 0. The molecule has 6 nitrogen and oxygen atoms in total. The molecule has 0 saturated carbocycles.